The Morgan fingerprint density at radius 3 is 2.73 bits per heavy atom. The molecule has 0 fully saturated rings. The van der Waals surface area contributed by atoms with Gasteiger partial charge in [0.15, 0.2) is 5.75 Å². The van der Waals surface area contributed by atoms with E-state index < -0.39 is 0 Å². The van der Waals surface area contributed by atoms with E-state index in [2.05, 4.69) is 10.1 Å². The standard InChI is InChI=1S/C20H18N4O2/c1-12-10-21-23(2)17(12)14-8-9-15-18-19(14)26-11-16(24(18)20(25)22-15)13-6-4-3-5-7-13/h3-10,16H,11H2,1-2H3,(H,22,25). The lowest BCUT2D eigenvalue weighted by molar-refractivity contribution is 0.257. The summed E-state index contributed by atoms with van der Waals surface area (Å²) in [4.78, 5) is 15.7. The molecule has 0 saturated heterocycles. The molecule has 1 aliphatic rings. The van der Waals surface area contributed by atoms with Crippen molar-refractivity contribution in [2.45, 2.75) is 13.0 Å². The largest absolute Gasteiger partial charge is 0.488 e. The fourth-order valence-electron chi connectivity index (χ4n) is 3.91. The Morgan fingerprint density at radius 2 is 2.00 bits per heavy atom. The number of aryl methyl sites for hydroxylation is 2. The summed E-state index contributed by atoms with van der Waals surface area (Å²) in [6.07, 6.45) is 1.84. The lowest BCUT2D eigenvalue weighted by Gasteiger charge is -2.27. The van der Waals surface area contributed by atoms with E-state index in [1.165, 1.54) is 0 Å². The average Bonchev–Trinajstić information content (AvgIpc) is 3.17. The Labute approximate surface area is 149 Å². The Morgan fingerprint density at radius 1 is 1.19 bits per heavy atom. The Balaban J connectivity index is 1.81. The van der Waals surface area contributed by atoms with Gasteiger partial charge in [-0.15, -0.1) is 0 Å². The van der Waals surface area contributed by atoms with Crippen LogP contribution in [0.2, 0.25) is 0 Å². The van der Waals surface area contributed by atoms with Crippen molar-refractivity contribution in [3.63, 3.8) is 0 Å². The van der Waals surface area contributed by atoms with E-state index in [1.807, 2.05) is 71.9 Å². The third kappa shape index (κ3) is 1.98. The van der Waals surface area contributed by atoms with E-state index in [0.717, 1.165) is 39.2 Å². The number of ether oxygens (including phenoxy) is 1. The molecule has 6 heteroatoms. The van der Waals surface area contributed by atoms with Gasteiger partial charge < -0.3 is 9.72 Å². The molecular weight excluding hydrogens is 328 g/mol. The second-order valence-corrected chi connectivity index (χ2v) is 6.68. The molecule has 0 saturated carbocycles. The number of imidazole rings is 1. The fourth-order valence-corrected chi connectivity index (χ4v) is 3.91. The first-order valence-corrected chi connectivity index (χ1v) is 8.59. The maximum Gasteiger partial charge on any atom is 0.327 e. The van der Waals surface area contributed by atoms with E-state index in [9.17, 15) is 4.79 Å². The first kappa shape index (κ1) is 15.0. The summed E-state index contributed by atoms with van der Waals surface area (Å²) < 4.78 is 9.88. The monoisotopic (exact) mass is 346 g/mol. The summed E-state index contributed by atoms with van der Waals surface area (Å²) >= 11 is 0. The van der Waals surface area contributed by atoms with Gasteiger partial charge in [0.2, 0.25) is 0 Å². The summed E-state index contributed by atoms with van der Waals surface area (Å²) in [5.74, 6) is 0.736. The molecule has 0 aliphatic carbocycles. The van der Waals surface area contributed by atoms with Crippen molar-refractivity contribution in [1.29, 1.82) is 0 Å². The summed E-state index contributed by atoms with van der Waals surface area (Å²) in [5, 5.41) is 4.34. The number of nitrogens with one attached hydrogen (secondary N) is 1. The molecule has 5 rings (SSSR count). The number of H-pyrrole nitrogens is 1. The highest BCUT2D eigenvalue weighted by Crippen LogP contribution is 2.41. The van der Waals surface area contributed by atoms with Crippen LogP contribution >= 0.6 is 0 Å². The van der Waals surface area contributed by atoms with Crippen molar-refractivity contribution in [1.82, 2.24) is 19.3 Å². The van der Waals surface area contributed by atoms with Gasteiger partial charge in [-0.2, -0.15) is 5.10 Å². The molecule has 0 bridgehead atoms. The highest BCUT2D eigenvalue weighted by Gasteiger charge is 2.29. The molecular formula is C20H18N4O2. The van der Waals surface area contributed by atoms with Gasteiger partial charge in [0.05, 0.1) is 23.4 Å². The number of benzene rings is 2. The van der Waals surface area contributed by atoms with Crippen molar-refractivity contribution >= 4 is 11.0 Å². The second-order valence-electron chi connectivity index (χ2n) is 6.68. The number of hydrogen-bond donors (Lipinski definition) is 1. The molecule has 1 atom stereocenters. The zero-order chi connectivity index (χ0) is 17.8. The number of nitrogens with zero attached hydrogens (tertiary/aromatic N) is 3. The van der Waals surface area contributed by atoms with Gasteiger partial charge in [-0.05, 0) is 30.2 Å². The highest BCUT2D eigenvalue weighted by molar-refractivity contribution is 5.91. The fraction of sp³-hybridized carbons (Fsp3) is 0.200. The van der Waals surface area contributed by atoms with Crippen LogP contribution in [0.4, 0.5) is 0 Å². The normalized spacial score (nSPS) is 16.0. The van der Waals surface area contributed by atoms with E-state index >= 15 is 0 Å². The van der Waals surface area contributed by atoms with Gasteiger partial charge in [-0.1, -0.05) is 30.3 Å². The van der Waals surface area contributed by atoms with Gasteiger partial charge >= 0.3 is 5.69 Å². The average molecular weight is 346 g/mol. The maximum absolute atomic E-state index is 12.7. The third-order valence-corrected chi connectivity index (χ3v) is 5.09. The molecule has 0 amide bonds. The summed E-state index contributed by atoms with van der Waals surface area (Å²) in [7, 11) is 1.92. The van der Waals surface area contributed by atoms with Gasteiger partial charge in [0.1, 0.15) is 12.1 Å². The third-order valence-electron chi connectivity index (χ3n) is 5.09. The zero-order valence-electron chi connectivity index (χ0n) is 14.6. The number of aromatic nitrogens is 4. The minimum Gasteiger partial charge on any atom is -0.488 e. The predicted octanol–water partition coefficient (Wildman–Crippen LogP) is 3.02. The molecule has 6 nitrogen and oxygen atoms in total. The number of aromatic amines is 1. The molecule has 130 valence electrons. The van der Waals surface area contributed by atoms with Gasteiger partial charge in [-0.25, -0.2) is 4.79 Å². The molecule has 1 aliphatic heterocycles. The summed E-state index contributed by atoms with van der Waals surface area (Å²) in [6.45, 7) is 2.44. The molecule has 2 aromatic carbocycles. The molecule has 1 unspecified atom stereocenters. The minimum atomic E-state index is -0.146. The van der Waals surface area contributed by atoms with Crippen LogP contribution < -0.4 is 10.4 Å². The van der Waals surface area contributed by atoms with E-state index in [-0.39, 0.29) is 11.7 Å². The molecule has 26 heavy (non-hydrogen) atoms. The smallest absolute Gasteiger partial charge is 0.327 e. The molecule has 2 aromatic heterocycles. The minimum absolute atomic E-state index is 0.114. The lowest BCUT2D eigenvalue weighted by Crippen LogP contribution is -2.30. The highest BCUT2D eigenvalue weighted by atomic mass is 16.5. The van der Waals surface area contributed by atoms with Crippen molar-refractivity contribution < 1.29 is 4.74 Å². The van der Waals surface area contributed by atoms with E-state index in [4.69, 9.17) is 4.74 Å². The van der Waals surface area contributed by atoms with Crippen LogP contribution in [0.25, 0.3) is 22.3 Å². The SMILES string of the molecule is Cc1cnn(C)c1-c1ccc2[nH]c(=O)n3c2c1OCC3c1ccccc1. The first-order chi connectivity index (χ1) is 12.6. The topological polar surface area (TPSA) is 64.8 Å². The number of rotatable bonds is 2. The molecule has 4 aromatic rings. The Hall–Kier alpha value is -3.28. The molecule has 1 N–H and O–H groups in total. The first-order valence-electron chi connectivity index (χ1n) is 8.59. The molecule has 0 radical (unpaired) electrons. The van der Waals surface area contributed by atoms with Crippen LogP contribution in [-0.4, -0.2) is 25.9 Å². The van der Waals surface area contributed by atoms with Crippen LogP contribution in [0.15, 0.2) is 53.5 Å². The lowest BCUT2D eigenvalue weighted by atomic mass is 10.0. The maximum atomic E-state index is 12.7. The zero-order valence-corrected chi connectivity index (χ0v) is 14.6. The van der Waals surface area contributed by atoms with Gasteiger partial charge in [0, 0.05) is 12.6 Å². The summed E-state index contributed by atoms with van der Waals surface area (Å²) in [6, 6.07) is 13.8. The molecule has 3 heterocycles. The van der Waals surface area contributed by atoms with Crippen molar-refractivity contribution in [2.24, 2.45) is 7.05 Å². The van der Waals surface area contributed by atoms with Gasteiger partial charge in [-0.3, -0.25) is 9.25 Å². The van der Waals surface area contributed by atoms with E-state index in [1.54, 1.807) is 0 Å². The van der Waals surface area contributed by atoms with Gasteiger partial charge in [0.25, 0.3) is 0 Å². The van der Waals surface area contributed by atoms with Crippen LogP contribution in [-0.2, 0) is 7.05 Å². The molecule has 0 spiro atoms. The van der Waals surface area contributed by atoms with E-state index in [0.29, 0.717) is 6.61 Å². The summed E-state index contributed by atoms with van der Waals surface area (Å²) in [5.41, 5.74) is 5.57. The van der Waals surface area contributed by atoms with Crippen LogP contribution in [0.1, 0.15) is 17.2 Å². The van der Waals surface area contributed by atoms with Crippen LogP contribution in [0.3, 0.4) is 0 Å². The number of hydrogen-bond acceptors (Lipinski definition) is 3. The predicted molar refractivity (Wildman–Crippen MR) is 99.6 cm³/mol. The van der Waals surface area contributed by atoms with Crippen molar-refractivity contribution in [3.8, 4) is 17.0 Å². The van der Waals surface area contributed by atoms with Crippen molar-refractivity contribution in [2.75, 3.05) is 6.61 Å². The quantitative estimate of drug-likeness (QED) is 0.607. The van der Waals surface area contributed by atoms with Crippen LogP contribution in [0.5, 0.6) is 5.75 Å². The van der Waals surface area contributed by atoms with Crippen LogP contribution in [0, 0.1) is 6.92 Å². The van der Waals surface area contributed by atoms with Crippen molar-refractivity contribution in [3.05, 3.63) is 70.3 Å². The Kier molecular flexibility index (Phi) is 3.09. The second kappa shape index (κ2) is 5.36. The Bertz CT molecular complexity index is 1160.